The second-order valence-corrected chi connectivity index (χ2v) is 5.42. The van der Waals surface area contributed by atoms with Gasteiger partial charge in [-0.1, -0.05) is 37.1 Å². The standard InChI is InChI=1S/C17H20N2O2S/c1-3-9-21-16-8-7-13(11-15(16)17(18)20)12-5-4-6-14(10-12)19-22-2/h4-8,10-11,19H,3,9H2,1-2H3,(H2,18,20). The van der Waals surface area contributed by atoms with E-state index >= 15 is 0 Å². The molecule has 0 saturated heterocycles. The molecule has 0 unspecified atom stereocenters. The Kier molecular flexibility index (Phi) is 5.72. The van der Waals surface area contributed by atoms with Crippen molar-refractivity contribution in [3.05, 3.63) is 48.0 Å². The Balaban J connectivity index is 2.37. The molecule has 0 heterocycles. The minimum absolute atomic E-state index is 0.411. The first-order valence-corrected chi connectivity index (χ1v) is 8.34. The lowest BCUT2D eigenvalue weighted by molar-refractivity contribution is 0.0996. The minimum atomic E-state index is -0.480. The van der Waals surface area contributed by atoms with Crippen molar-refractivity contribution < 1.29 is 9.53 Å². The van der Waals surface area contributed by atoms with Gasteiger partial charge in [0.2, 0.25) is 0 Å². The van der Waals surface area contributed by atoms with Crippen molar-refractivity contribution in [2.45, 2.75) is 13.3 Å². The van der Waals surface area contributed by atoms with Crippen LogP contribution in [0.25, 0.3) is 11.1 Å². The van der Waals surface area contributed by atoms with Gasteiger partial charge in [0.15, 0.2) is 0 Å². The number of carbonyl (C=O) groups is 1. The summed E-state index contributed by atoms with van der Waals surface area (Å²) in [6.45, 7) is 2.58. The number of carbonyl (C=O) groups excluding carboxylic acids is 1. The summed E-state index contributed by atoms with van der Waals surface area (Å²) in [5, 5.41) is 0. The quantitative estimate of drug-likeness (QED) is 0.760. The van der Waals surface area contributed by atoms with E-state index in [-0.39, 0.29) is 0 Å². The van der Waals surface area contributed by atoms with Crippen LogP contribution >= 0.6 is 11.9 Å². The molecule has 2 aromatic carbocycles. The van der Waals surface area contributed by atoms with Gasteiger partial charge >= 0.3 is 0 Å². The summed E-state index contributed by atoms with van der Waals surface area (Å²) in [5.74, 6) is 0.0582. The lowest BCUT2D eigenvalue weighted by Gasteiger charge is -2.11. The highest BCUT2D eigenvalue weighted by Gasteiger charge is 2.11. The van der Waals surface area contributed by atoms with E-state index < -0.39 is 5.91 Å². The lowest BCUT2D eigenvalue weighted by atomic mass is 10.0. The average molecular weight is 316 g/mol. The third kappa shape index (κ3) is 3.95. The number of amides is 1. The van der Waals surface area contributed by atoms with Gasteiger partial charge in [-0.25, -0.2) is 0 Å². The molecule has 0 aliphatic heterocycles. The molecular formula is C17H20N2O2S. The van der Waals surface area contributed by atoms with Crippen LogP contribution in [0.3, 0.4) is 0 Å². The Morgan fingerprint density at radius 3 is 2.68 bits per heavy atom. The first-order valence-electron chi connectivity index (χ1n) is 7.11. The van der Waals surface area contributed by atoms with E-state index in [1.54, 1.807) is 12.1 Å². The van der Waals surface area contributed by atoms with Gasteiger partial charge in [-0.3, -0.25) is 4.79 Å². The molecule has 0 aliphatic carbocycles. The zero-order valence-electron chi connectivity index (χ0n) is 12.8. The summed E-state index contributed by atoms with van der Waals surface area (Å²) in [4.78, 5) is 11.7. The number of nitrogens with two attached hydrogens (primary N) is 1. The van der Waals surface area contributed by atoms with Gasteiger partial charge < -0.3 is 15.2 Å². The minimum Gasteiger partial charge on any atom is -0.493 e. The summed E-state index contributed by atoms with van der Waals surface area (Å²) in [7, 11) is 0. The maximum atomic E-state index is 11.7. The number of benzene rings is 2. The lowest BCUT2D eigenvalue weighted by Crippen LogP contribution is -2.13. The zero-order valence-corrected chi connectivity index (χ0v) is 13.6. The molecule has 0 atom stereocenters. The summed E-state index contributed by atoms with van der Waals surface area (Å²) in [6, 6.07) is 13.5. The number of anilines is 1. The summed E-state index contributed by atoms with van der Waals surface area (Å²) < 4.78 is 8.78. The molecule has 5 heteroatoms. The van der Waals surface area contributed by atoms with E-state index in [0.29, 0.717) is 17.9 Å². The Bertz CT molecular complexity index is 659. The number of ether oxygens (including phenoxy) is 1. The summed E-state index contributed by atoms with van der Waals surface area (Å²) in [5.41, 5.74) is 8.85. The van der Waals surface area contributed by atoms with Gasteiger partial charge in [0, 0.05) is 11.9 Å². The van der Waals surface area contributed by atoms with Crippen LogP contribution in [-0.2, 0) is 0 Å². The molecule has 0 spiro atoms. The van der Waals surface area contributed by atoms with E-state index in [2.05, 4.69) is 4.72 Å². The van der Waals surface area contributed by atoms with Crippen molar-refractivity contribution in [3.8, 4) is 16.9 Å². The molecule has 116 valence electrons. The number of rotatable bonds is 7. The van der Waals surface area contributed by atoms with Crippen molar-refractivity contribution in [1.29, 1.82) is 0 Å². The molecule has 2 rings (SSSR count). The van der Waals surface area contributed by atoms with Crippen molar-refractivity contribution >= 4 is 23.5 Å². The van der Waals surface area contributed by atoms with Gasteiger partial charge in [-0.05, 0) is 41.8 Å². The van der Waals surface area contributed by atoms with Crippen molar-refractivity contribution in [2.24, 2.45) is 5.73 Å². The molecule has 0 aromatic heterocycles. The van der Waals surface area contributed by atoms with Gasteiger partial charge in [0.05, 0.1) is 12.2 Å². The predicted molar refractivity (Wildman–Crippen MR) is 93.3 cm³/mol. The van der Waals surface area contributed by atoms with Gasteiger partial charge in [0.1, 0.15) is 5.75 Å². The first-order chi connectivity index (χ1) is 10.7. The summed E-state index contributed by atoms with van der Waals surface area (Å²) >= 11 is 1.53. The van der Waals surface area contributed by atoms with Crippen LogP contribution in [0.4, 0.5) is 5.69 Å². The second kappa shape index (κ2) is 7.75. The monoisotopic (exact) mass is 316 g/mol. The Morgan fingerprint density at radius 1 is 1.23 bits per heavy atom. The largest absolute Gasteiger partial charge is 0.493 e. The molecule has 2 aromatic rings. The zero-order chi connectivity index (χ0) is 15.9. The van der Waals surface area contributed by atoms with Crippen molar-refractivity contribution in [1.82, 2.24) is 0 Å². The molecular weight excluding hydrogens is 296 g/mol. The Hall–Kier alpha value is -2.14. The fourth-order valence-corrected chi connectivity index (χ4v) is 2.48. The van der Waals surface area contributed by atoms with Crippen LogP contribution in [0.2, 0.25) is 0 Å². The molecule has 0 bridgehead atoms. The van der Waals surface area contributed by atoms with Gasteiger partial charge in [-0.15, -0.1) is 0 Å². The maximum absolute atomic E-state index is 11.7. The fourth-order valence-electron chi connectivity index (χ4n) is 2.12. The number of nitrogens with one attached hydrogen (secondary N) is 1. The predicted octanol–water partition coefficient (Wildman–Crippen LogP) is 3.93. The van der Waals surface area contributed by atoms with Gasteiger partial charge in [0.25, 0.3) is 5.91 Å². The molecule has 0 fully saturated rings. The smallest absolute Gasteiger partial charge is 0.252 e. The molecule has 0 saturated carbocycles. The highest BCUT2D eigenvalue weighted by molar-refractivity contribution is 7.99. The van der Waals surface area contributed by atoms with Crippen molar-refractivity contribution in [2.75, 3.05) is 17.6 Å². The van der Waals surface area contributed by atoms with Crippen LogP contribution in [0.15, 0.2) is 42.5 Å². The number of hydrogen-bond donors (Lipinski definition) is 2. The van der Waals surface area contributed by atoms with Crippen LogP contribution in [-0.4, -0.2) is 18.8 Å². The van der Waals surface area contributed by atoms with Gasteiger partial charge in [-0.2, -0.15) is 0 Å². The molecule has 1 amide bonds. The van der Waals surface area contributed by atoms with E-state index in [9.17, 15) is 4.79 Å². The van der Waals surface area contributed by atoms with E-state index in [0.717, 1.165) is 23.2 Å². The first kappa shape index (κ1) is 16.2. The Morgan fingerprint density at radius 2 is 2.00 bits per heavy atom. The van der Waals surface area contributed by atoms with Crippen LogP contribution in [0.5, 0.6) is 5.75 Å². The van der Waals surface area contributed by atoms with Crippen LogP contribution < -0.4 is 15.2 Å². The molecule has 4 nitrogen and oxygen atoms in total. The molecule has 3 N–H and O–H groups in total. The third-order valence-corrected chi connectivity index (χ3v) is 3.56. The second-order valence-electron chi connectivity index (χ2n) is 4.81. The third-order valence-electron chi connectivity index (χ3n) is 3.12. The summed E-state index contributed by atoms with van der Waals surface area (Å²) in [6.07, 6.45) is 2.85. The average Bonchev–Trinajstić information content (AvgIpc) is 2.53. The SMILES string of the molecule is CCCOc1ccc(-c2cccc(NSC)c2)cc1C(N)=O. The topological polar surface area (TPSA) is 64.3 Å². The Labute approximate surface area is 135 Å². The number of primary amides is 1. The molecule has 22 heavy (non-hydrogen) atoms. The normalized spacial score (nSPS) is 10.3. The van der Waals surface area contributed by atoms with Crippen LogP contribution in [0, 0.1) is 0 Å². The van der Waals surface area contributed by atoms with Crippen LogP contribution in [0.1, 0.15) is 23.7 Å². The maximum Gasteiger partial charge on any atom is 0.252 e. The van der Waals surface area contributed by atoms with E-state index in [1.165, 1.54) is 11.9 Å². The highest BCUT2D eigenvalue weighted by atomic mass is 32.2. The molecule has 0 radical (unpaired) electrons. The fraction of sp³-hybridized carbons (Fsp3) is 0.235. The number of hydrogen-bond acceptors (Lipinski definition) is 4. The molecule has 0 aliphatic rings. The van der Waals surface area contributed by atoms with E-state index in [4.69, 9.17) is 10.5 Å². The van der Waals surface area contributed by atoms with Crippen molar-refractivity contribution in [3.63, 3.8) is 0 Å². The highest BCUT2D eigenvalue weighted by Crippen LogP contribution is 2.28. The van der Waals surface area contributed by atoms with E-state index in [1.807, 2.05) is 43.5 Å².